The van der Waals surface area contributed by atoms with Gasteiger partial charge in [-0.3, -0.25) is 14.9 Å². The minimum Gasteiger partial charge on any atom is -0.481 e. The van der Waals surface area contributed by atoms with Crippen LogP contribution in [0.2, 0.25) is 0 Å². The fourth-order valence-corrected chi connectivity index (χ4v) is 1.18. The fraction of sp³-hybridized carbons (Fsp3) is 0.727. The first-order chi connectivity index (χ1) is 7.86. The van der Waals surface area contributed by atoms with Crippen molar-refractivity contribution in [3.63, 3.8) is 0 Å². The Hall–Kier alpha value is -1.59. The van der Waals surface area contributed by atoms with Crippen molar-refractivity contribution in [3.05, 3.63) is 0 Å². The van der Waals surface area contributed by atoms with Gasteiger partial charge in [-0.2, -0.15) is 0 Å². The lowest BCUT2D eigenvalue weighted by Crippen LogP contribution is -2.42. The van der Waals surface area contributed by atoms with Crippen LogP contribution in [0.25, 0.3) is 0 Å². The van der Waals surface area contributed by atoms with Gasteiger partial charge in [-0.1, -0.05) is 20.3 Å². The first-order valence-electron chi connectivity index (χ1n) is 5.63. The molecule has 17 heavy (non-hydrogen) atoms. The van der Waals surface area contributed by atoms with E-state index in [0.717, 1.165) is 6.42 Å². The molecule has 1 atom stereocenters. The molecule has 0 aromatic carbocycles. The molecule has 0 fully saturated rings. The van der Waals surface area contributed by atoms with Gasteiger partial charge in [0.2, 0.25) is 5.91 Å². The molecule has 0 aromatic heterocycles. The summed E-state index contributed by atoms with van der Waals surface area (Å²) in [6.45, 7) is 4.60. The second-order valence-corrected chi connectivity index (χ2v) is 4.14. The zero-order valence-electron chi connectivity index (χ0n) is 10.5. The number of amides is 3. The van der Waals surface area contributed by atoms with Crippen LogP contribution in [-0.4, -0.2) is 41.5 Å². The van der Waals surface area contributed by atoms with Gasteiger partial charge in [0.05, 0.1) is 6.42 Å². The molecule has 1 unspecified atom stereocenters. The van der Waals surface area contributed by atoms with Crippen LogP contribution in [0.3, 0.4) is 0 Å². The van der Waals surface area contributed by atoms with Gasteiger partial charge in [-0.25, -0.2) is 4.79 Å². The quantitative estimate of drug-likeness (QED) is 0.731. The van der Waals surface area contributed by atoms with Crippen molar-refractivity contribution in [2.75, 3.05) is 13.6 Å². The highest BCUT2D eigenvalue weighted by Gasteiger charge is 2.14. The number of hydrogen-bond donors (Lipinski definition) is 2. The number of hydrogen-bond acceptors (Lipinski definition) is 3. The Morgan fingerprint density at radius 2 is 1.88 bits per heavy atom. The molecule has 0 rings (SSSR count). The number of imide groups is 1. The average molecular weight is 244 g/mol. The van der Waals surface area contributed by atoms with Crippen LogP contribution in [0.15, 0.2) is 0 Å². The van der Waals surface area contributed by atoms with E-state index < -0.39 is 17.9 Å². The van der Waals surface area contributed by atoms with E-state index in [-0.39, 0.29) is 12.8 Å². The van der Waals surface area contributed by atoms with Crippen molar-refractivity contribution in [2.45, 2.75) is 33.1 Å². The molecule has 0 bridgehead atoms. The summed E-state index contributed by atoms with van der Waals surface area (Å²) < 4.78 is 0. The Morgan fingerprint density at radius 3 is 2.35 bits per heavy atom. The van der Waals surface area contributed by atoms with E-state index in [1.165, 1.54) is 4.90 Å². The highest BCUT2D eigenvalue weighted by molar-refractivity contribution is 5.95. The second kappa shape index (κ2) is 7.65. The summed E-state index contributed by atoms with van der Waals surface area (Å²) in [5.41, 5.74) is 0. The molecular weight excluding hydrogens is 224 g/mol. The lowest BCUT2D eigenvalue weighted by molar-refractivity contribution is -0.138. The Morgan fingerprint density at radius 1 is 1.29 bits per heavy atom. The minimum atomic E-state index is -1.06. The van der Waals surface area contributed by atoms with E-state index in [0.29, 0.717) is 12.5 Å². The predicted molar refractivity (Wildman–Crippen MR) is 62.5 cm³/mol. The number of carboxylic acids is 1. The molecule has 0 aliphatic carbocycles. The van der Waals surface area contributed by atoms with E-state index in [1.54, 1.807) is 7.05 Å². The van der Waals surface area contributed by atoms with E-state index in [1.807, 2.05) is 13.8 Å². The van der Waals surface area contributed by atoms with Crippen molar-refractivity contribution < 1.29 is 19.5 Å². The number of carbonyl (C=O) groups is 3. The monoisotopic (exact) mass is 244 g/mol. The van der Waals surface area contributed by atoms with Crippen molar-refractivity contribution >= 4 is 17.9 Å². The summed E-state index contributed by atoms with van der Waals surface area (Å²) in [6, 6.07) is -0.485. The van der Waals surface area contributed by atoms with E-state index in [9.17, 15) is 14.4 Å². The van der Waals surface area contributed by atoms with E-state index >= 15 is 0 Å². The van der Waals surface area contributed by atoms with Gasteiger partial charge in [0, 0.05) is 20.0 Å². The Kier molecular flexibility index (Phi) is 6.93. The normalized spacial score (nSPS) is 11.7. The number of nitrogens with one attached hydrogen (secondary N) is 1. The Bertz CT molecular complexity index is 291. The standard InChI is InChI=1S/C11H20N2O4/c1-4-8(2)7-13(3)11(17)12-9(14)5-6-10(15)16/h8H,4-7H2,1-3H3,(H,15,16)(H,12,14,17). The number of carboxylic acid groups (broad SMARTS) is 1. The van der Waals surface area contributed by atoms with Gasteiger partial charge in [-0.15, -0.1) is 0 Å². The number of nitrogens with zero attached hydrogens (tertiary/aromatic N) is 1. The molecule has 6 nitrogen and oxygen atoms in total. The van der Waals surface area contributed by atoms with Crippen LogP contribution in [0.5, 0.6) is 0 Å². The number of urea groups is 1. The Balaban J connectivity index is 3.98. The maximum atomic E-state index is 11.5. The first kappa shape index (κ1) is 15.4. The maximum Gasteiger partial charge on any atom is 0.323 e. The molecular formula is C11H20N2O4. The summed E-state index contributed by atoms with van der Waals surface area (Å²) in [5.74, 6) is -1.26. The van der Waals surface area contributed by atoms with Crippen LogP contribution in [-0.2, 0) is 9.59 Å². The fourth-order valence-electron chi connectivity index (χ4n) is 1.18. The van der Waals surface area contributed by atoms with Crippen molar-refractivity contribution in [1.29, 1.82) is 0 Å². The SMILES string of the molecule is CCC(C)CN(C)C(=O)NC(=O)CCC(=O)O. The van der Waals surface area contributed by atoms with Gasteiger partial charge in [0.15, 0.2) is 0 Å². The summed E-state index contributed by atoms with van der Waals surface area (Å²) in [6.07, 6.45) is 0.497. The maximum absolute atomic E-state index is 11.5. The summed E-state index contributed by atoms with van der Waals surface area (Å²) in [4.78, 5) is 34.3. The summed E-state index contributed by atoms with van der Waals surface area (Å²) in [7, 11) is 1.60. The molecule has 3 amide bonds. The number of aliphatic carboxylic acids is 1. The second-order valence-electron chi connectivity index (χ2n) is 4.14. The molecule has 0 aliphatic rings. The molecule has 0 heterocycles. The van der Waals surface area contributed by atoms with Crippen molar-refractivity contribution in [3.8, 4) is 0 Å². The topological polar surface area (TPSA) is 86.7 Å². The first-order valence-corrected chi connectivity index (χ1v) is 5.63. The minimum absolute atomic E-state index is 0.182. The largest absolute Gasteiger partial charge is 0.481 e. The van der Waals surface area contributed by atoms with Gasteiger partial charge in [0.1, 0.15) is 0 Å². The smallest absolute Gasteiger partial charge is 0.323 e. The Labute approximate surface area is 101 Å². The molecule has 6 heteroatoms. The third-order valence-electron chi connectivity index (χ3n) is 2.44. The average Bonchev–Trinajstić information content (AvgIpc) is 2.25. The van der Waals surface area contributed by atoms with Crippen LogP contribution in [0.1, 0.15) is 33.1 Å². The molecule has 0 aromatic rings. The predicted octanol–water partition coefficient (Wildman–Crippen LogP) is 1.07. The van der Waals surface area contributed by atoms with E-state index in [2.05, 4.69) is 5.32 Å². The molecule has 2 N–H and O–H groups in total. The lowest BCUT2D eigenvalue weighted by atomic mass is 10.1. The molecule has 0 saturated heterocycles. The highest BCUT2D eigenvalue weighted by atomic mass is 16.4. The van der Waals surface area contributed by atoms with Crippen LogP contribution >= 0.6 is 0 Å². The van der Waals surface area contributed by atoms with Gasteiger partial charge < -0.3 is 10.0 Å². The van der Waals surface area contributed by atoms with Crippen molar-refractivity contribution in [1.82, 2.24) is 10.2 Å². The highest BCUT2D eigenvalue weighted by Crippen LogP contribution is 2.02. The lowest BCUT2D eigenvalue weighted by Gasteiger charge is -2.20. The van der Waals surface area contributed by atoms with Gasteiger partial charge >= 0.3 is 12.0 Å². The zero-order valence-corrected chi connectivity index (χ0v) is 10.5. The molecule has 98 valence electrons. The van der Waals surface area contributed by atoms with Crippen LogP contribution in [0.4, 0.5) is 4.79 Å². The number of carbonyl (C=O) groups excluding carboxylic acids is 2. The van der Waals surface area contributed by atoms with Gasteiger partial charge in [-0.05, 0) is 5.92 Å². The zero-order chi connectivity index (χ0) is 13.4. The van der Waals surface area contributed by atoms with Crippen LogP contribution in [0, 0.1) is 5.92 Å². The molecule has 0 radical (unpaired) electrons. The summed E-state index contributed by atoms with van der Waals surface area (Å²) in [5, 5.41) is 10.5. The third kappa shape index (κ3) is 7.32. The van der Waals surface area contributed by atoms with Gasteiger partial charge in [0.25, 0.3) is 0 Å². The number of rotatable bonds is 6. The molecule has 0 aliphatic heterocycles. The van der Waals surface area contributed by atoms with E-state index in [4.69, 9.17) is 5.11 Å². The molecule has 0 saturated carbocycles. The third-order valence-corrected chi connectivity index (χ3v) is 2.44. The summed E-state index contributed by atoms with van der Waals surface area (Å²) >= 11 is 0. The van der Waals surface area contributed by atoms with Crippen LogP contribution < -0.4 is 5.32 Å². The van der Waals surface area contributed by atoms with Crippen molar-refractivity contribution in [2.24, 2.45) is 5.92 Å². The molecule has 0 spiro atoms.